The molecule has 2 aliphatic rings. The van der Waals surface area contributed by atoms with Crippen LogP contribution in [0.15, 0.2) is 36.5 Å². The first-order valence-electron chi connectivity index (χ1n) is 7.20. The second kappa shape index (κ2) is 9.85. The van der Waals surface area contributed by atoms with Gasteiger partial charge in [0.1, 0.15) is 0 Å². The van der Waals surface area contributed by atoms with Crippen LogP contribution in [-0.2, 0) is 17.1 Å². The second-order valence-corrected chi connectivity index (χ2v) is 4.80. The van der Waals surface area contributed by atoms with Crippen LogP contribution in [0.3, 0.4) is 0 Å². The molecule has 0 spiro atoms. The van der Waals surface area contributed by atoms with E-state index in [1.165, 1.54) is 5.92 Å². The van der Waals surface area contributed by atoms with Crippen LogP contribution < -0.4 is 0 Å². The van der Waals surface area contributed by atoms with E-state index < -0.39 is 0 Å². The van der Waals surface area contributed by atoms with Crippen molar-refractivity contribution >= 4 is 17.1 Å². The van der Waals surface area contributed by atoms with Crippen molar-refractivity contribution in [2.75, 3.05) is 0 Å². The summed E-state index contributed by atoms with van der Waals surface area (Å²) in [7, 11) is 0. The van der Waals surface area contributed by atoms with Crippen LogP contribution in [-0.4, -0.2) is 9.97 Å². The Hall–Kier alpha value is -1.18. The first kappa shape index (κ1) is 18.2. The van der Waals surface area contributed by atoms with Crippen LogP contribution in [0.5, 0.6) is 0 Å². The molecule has 112 valence electrons. The fraction of sp³-hybridized carbons (Fsp3) is 0. The quantitative estimate of drug-likeness (QED) is 0.771. The molecule has 2 aliphatic carbocycles. The molecule has 23 heavy (non-hydrogen) atoms. The Morgan fingerprint density at radius 1 is 0.696 bits per heavy atom. The third kappa shape index (κ3) is 5.75. The number of nitrogens with zero attached hydrogens (tertiary/aromatic N) is 2. The number of hydrogen-bond acceptors (Lipinski definition) is 2. The van der Waals surface area contributed by atoms with Gasteiger partial charge in [-0.3, -0.25) is 4.98 Å². The van der Waals surface area contributed by atoms with Crippen molar-refractivity contribution in [2.45, 2.75) is 0 Å². The third-order valence-corrected chi connectivity index (χ3v) is 3.16. The van der Waals surface area contributed by atoms with Crippen LogP contribution in [0.1, 0.15) is 5.69 Å². The van der Waals surface area contributed by atoms with Crippen LogP contribution in [0, 0.1) is 63.7 Å². The van der Waals surface area contributed by atoms with Crippen molar-refractivity contribution in [2.24, 2.45) is 0 Å². The minimum Gasteiger partial charge on any atom is -0.252 e. The van der Waals surface area contributed by atoms with E-state index in [2.05, 4.69) is 22.8 Å². The molecule has 2 aromatic rings. The van der Waals surface area contributed by atoms with Gasteiger partial charge in [-0.1, -0.05) is 18.2 Å². The molecule has 2 saturated carbocycles. The molecule has 0 saturated heterocycles. The van der Waals surface area contributed by atoms with Gasteiger partial charge in [0, 0.05) is 5.92 Å². The Morgan fingerprint density at radius 2 is 1.30 bits per heavy atom. The number of hydrogen-bond donors (Lipinski definition) is 0. The molecular weight excluding hydrogens is 324 g/mol. The summed E-state index contributed by atoms with van der Waals surface area (Å²) in [6.07, 6.45) is 24.0. The molecule has 1 aromatic heterocycles. The standard InChI is InChI=1S/C15H11N2.C5H5.Fe/c1-2-6-12(5-1)9-10-13-11-16-14-7-3-4-8-15(14)17-13;1-2-4-5-3-1;/h1-11H;1-5H;/q;;+2/b10-9+;;. The fourth-order valence-corrected chi connectivity index (χ4v) is 2.05. The van der Waals surface area contributed by atoms with Crippen molar-refractivity contribution in [3.8, 4) is 0 Å². The van der Waals surface area contributed by atoms with Crippen molar-refractivity contribution in [3.05, 3.63) is 106 Å². The van der Waals surface area contributed by atoms with Gasteiger partial charge in [0.25, 0.3) is 0 Å². The summed E-state index contributed by atoms with van der Waals surface area (Å²) >= 11 is 0. The van der Waals surface area contributed by atoms with E-state index in [-0.39, 0.29) is 17.1 Å². The minimum atomic E-state index is 0. The zero-order valence-corrected chi connectivity index (χ0v) is 13.6. The van der Waals surface area contributed by atoms with Gasteiger partial charge in [0.2, 0.25) is 0 Å². The van der Waals surface area contributed by atoms with Crippen molar-refractivity contribution in [1.82, 2.24) is 9.97 Å². The largest absolute Gasteiger partial charge is 2.00 e. The van der Waals surface area contributed by atoms with Crippen LogP contribution >= 0.6 is 0 Å². The normalized spacial score (nSPS) is 17.9. The maximum absolute atomic E-state index is 4.53. The van der Waals surface area contributed by atoms with Crippen molar-refractivity contribution in [3.63, 3.8) is 0 Å². The van der Waals surface area contributed by atoms with Crippen molar-refractivity contribution < 1.29 is 17.1 Å². The zero-order valence-electron chi connectivity index (χ0n) is 12.5. The van der Waals surface area contributed by atoms with Gasteiger partial charge < -0.3 is 0 Å². The molecule has 2 fully saturated rings. The van der Waals surface area contributed by atoms with Gasteiger partial charge in [0.05, 0.1) is 22.9 Å². The summed E-state index contributed by atoms with van der Waals surface area (Å²) in [6.45, 7) is 0. The maximum Gasteiger partial charge on any atom is 2.00 e. The number of fused-ring (bicyclic) bond motifs is 1. The summed E-state index contributed by atoms with van der Waals surface area (Å²) in [4.78, 5) is 8.89. The zero-order chi connectivity index (χ0) is 15.0. The molecule has 10 radical (unpaired) electrons. The van der Waals surface area contributed by atoms with Gasteiger partial charge in [-0.05, 0) is 76.0 Å². The van der Waals surface area contributed by atoms with E-state index >= 15 is 0 Å². The number of allylic oxidation sites excluding steroid dienone is 1. The van der Waals surface area contributed by atoms with Gasteiger partial charge >= 0.3 is 17.1 Å². The molecule has 0 N–H and O–H groups in total. The van der Waals surface area contributed by atoms with E-state index in [4.69, 9.17) is 0 Å². The van der Waals surface area contributed by atoms with E-state index in [0.29, 0.717) is 0 Å². The molecule has 3 heteroatoms. The van der Waals surface area contributed by atoms with Crippen LogP contribution in [0.25, 0.3) is 17.1 Å². The van der Waals surface area contributed by atoms with Crippen molar-refractivity contribution in [1.29, 1.82) is 0 Å². The second-order valence-electron chi connectivity index (χ2n) is 4.80. The molecule has 2 nitrogen and oxygen atoms in total. The molecular formula is C20H16FeN2+2. The van der Waals surface area contributed by atoms with E-state index in [1.54, 1.807) is 6.20 Å². The van der Waals surface area contributed by atoms with Gasteiger partial charge in [-0.25, -0.2) is 4.98 Å². The first-order valence-corrected chi connectivity index (χ1v) is 7.20. The summed E-state index contributed by atoms with van der Waals surface area (Å²) in [6, 6.07) is 7.88. The number of aromatic nitrogens is 2. The van der Waals surface area contributed by atoms with Gasteiger partial charge in [0.15, 0.2) is 0 Å². The molecule has 4 rings (SSSR count). The summed E-state index contributed by atoms with van der Waals surface area (Å²) < 4.78 is 0. The SMILES string of the molecule is [CH]1[CH][CH][CH][CH]1.[CH]1[CH][CH][C](/C=C/c2cnc3ccccc3n2)[CH]1.[Fe+2]. The molecule has 1 heterocycles. The Bertz CT molecular complexity index is 606. The van der Waals surface area contributed by atoms with E-state index in [0.717, 1.165) is 16.7 Å². The first-order chi connectivity index (χ1) is 10.9. The average Bonchev–Trinajstić information content (AvgIpc) is 3.28. The minimum absolute atomic E-state index is 0. The predicted octanol–water partition coefficient (Wildman–Crippen LogP) is 4.07. The summed E-state index contributed by atoms with van der Waals surface area (Å²) in [5.74, 6) is 1.18. The topological polar surface area (TPSA) is 25.8 Å². The molecule has 1 aromatic carbocycles. The number of benzene rings is 1. The number of rotatable bonds is 2. The smallest absolute Gasteiger partial charge is 0.252 e. The predicted molar refractivity (Wildman–Crippen MR) is 90.5 cm³/mol. The molecule has 0 bridgehead atoms. The van der Waals surface area contributed by atoms with E-state index in [1.807, 2.05) is 81.4 Å². The Balaban J connectivity index is 0.000000276. The van der Waals surface area contributed by atoms with Gasteiger partial charge in [-0.2, -0.15) is 0 Å². The molecule has 0 amide bonds. The maximum atomic E-state index is 4.53. The summed E-state index contributed by atoms with van der Waals surface area (Å²) in [5, 5.41) is 0. The van der Waals surface area contributed by atoms with Gasteiger partial charge in [-0.15, -0.1) is 0 Å². The monoisotopic (exact) mass is 340 g/mol. The van der Waals surface area contributed by atoms with E-state index in [9.17, 15) is 0 Å². The van der Waals surface area contributed by atoms with Crippen LogP contribution in [0.4, 0.5) is 0 Å². The Kier molecular flexibility index (Phi) is 7.78. The molecule has 0 aliphatic heterocycles. The van der Waals surface area contributed by atoms with Crippen LogP contribution in [0.2, 0.25) is 0 Å². The Labute approximate surface area is 150 Å². The molecule has 0 atom stereocenters. The summed E-state index contributed by atoms with van der Waals surface area (Å²) in [5.41, 5.74) is 2.74. The fourth-order valence-electron chi connectivity index (χ4n) is 2.05. The number of para-hydroxylation sites is 2. The Morgan fingerprint density at radius 3 is 1.96 bits per heavy atom. The third-order valence-electron chi connectivity index (χ3n) is 3.16. The average molecular weight is 340 g/mol. The molecule has 0 unspecified atom stereocenters.